The number of hydrogen-bond acceptors (Lipinski definition) is 4. The molecule has 0 N–H and O–H groups in total. The molecule has 0 aromatic carbocycles. The highest BCUT2D eigenvalue weighted by Gasteiger charge is 2.31. The van der Waals surface area contributed by atoms with E-state index in [4.69, 9.17) is 0 Å². The van der Waals surface area contributed by atoms with Gasteiger partial charge in [-0.1, -0.05) is 0 Å². The summed E-state index contributed by atoms with van der Waals surface area (Å²) in [6.07, 6.45) is 3.79. The van der Waals surface area contributed by atoms with Gasteiger partial charge in [0.2, 0.25) is 0 Å². The monoisotopic (exact) mass is 380 g/mol. The molecule has 6 nitrogen and oxygen atoms in total. The summed E-state index contributed by atoms with van der Waals surface area (Å²) in [6, 6.07) is 2.04. The third kappa shape index (κ3) is 3.49. The number of carbonyl (C=O) groups excluding carboxylic acids is 2. The number of anilines is 1. The molecule has 2 amide bonds. The highest BCUT2D eigenvalue weighted by atomic mass is 79.9. The number of pyridine rings is 1. The van der Waals surface area contributed by atoms with Crippen LogP contribution >= 0.6 is 15.9 Å². The number of halogens is 1. The first kappa shape index (κ1) is 16.2. The summed E-state index contributed by atoms with van der Waals surface area (Å²) >= 11 is 3.42. The van der Waals surface area contributed by atoms with Crippen molar-refractivity contribution in [2.24, 2.45) is 0 Å². The van der Waals surface area contributed by atoms with Crippen LogP contribution in [0, 0.1) is 6.92 Å². The molecular formula is C16H21BrN4O2. The zero-order valence-corrected chi connectivity index (χ0v) is 14.9. The smallest absolute Gasteiger partial charge is 0.312 e. The number of piperazine rings is 1. The minimum Gasteiger partial charge on any atom is -0.353 e. The van der Waals surface area contributed by atoms with Crippen molar-refractivity contribution in [3.63, 3.8) is 0 Å². The molecule has 2 aliphatic rings. The van der Waals surface area contributed by atoms with Crippen LogP contribution in [0.1, 0.15) is 18.4 Å². The van der Waals surface area contributed by atoms with Crippen LogP contribution in [0.2, 0.25) is 0 Å². The Morgan fingerprint density at radius 1 is 1.00 bits per heavy atom. The Morgan fingerprint density at radius 2 is 1.57 bits per heavy atom. The van der Waals surface area contributed by atoms with Gasteiger partial charge in [0.05, 0.1) is 0 Å². The molecule has 3 rings (SSSR count). The average Bonchev–Trinajstić information content (AvgIpc) is 3.08. The van der Waals surface area contributed by atoms with Crippen molar-refractivity contribution in [1.82, 2.24) is 14.8 Å². The van der Waals surface area contributed by atoms with Crippen molar-refractivity contribution >= 4 is 33.6 Å². The quantitative estimate of drug-likeness (QED) is 0.691. The molecule has 1 aromatic heterocycles. The Morgan fingerprint density at radius 3 is 2.13 bits per heavy atom. The van der Waals surface area contributed by atoms with Crippen LogP contribution in [0.5, 0.6) is 0 Å². The molecule has 23 heavy (non-hydrogen) atoms. The van der Waals surface area contributed by atoms with Crippen molar-refractivity contribution in [2.75, 3.05) is 44.2 Å². The van der Waals surface area contributed by atoms with Crippen LogP contribution < -0.4 is 4.90 Å². The van der Waals surface area contributed by atoms with Gasteiger partial charge in [-0.15, -0.1) is 0 Å². The number of likely N-dealkylation sites (tertiary alicyclic amines) is 1. The van der Waals surface area contributed by atoms with Crippen molar-refractivity contribution in [2.45, 2.75) is 19.8 Å². The van der Waals surface area contributed by atoms with E-state index >= 15 is 0 Å². The van der Waals surface area contributed by atoms with Crippen LogP contribution in [0.4, 0.5) is 5.82 Å². The molecular weight excluding hydrogens is 360 g/mol. The minimum atomic E-state index is -0.355. The molecule has 1 aromatic rings. The highest BCUT2D eigenvalue weighted by Crippen LogP contribution is 2.22. The number of amides is 2. The van der Waals surface area contributed by atoms with E-state index in [1.54, 1.807) is 16.0 Å². The standard InChI is InChI=1S/C16H21BrN4O2/c1-12-10-13(17)11-18-14(12)19-6-8-21(9-7-19)16(23)15(22)20-4-2-3-5-20/h10-11H,2-9H2,1H3. The van der Waals surface area contributed by atoms with Gasteiger partial charge in [0.1, 0.15) is 5.82 Å². The Balaban J connectivity index is 1.59. The minimum absolute atomic E-state index is 0.339. The predicted molar refractivity (Wildman–Crippen MR) is 91.3 cm³/mol. The molecule has 2 aliphatic heterocycles. The van der Waals surface area contributed by atoms with E-state index < -0.39 is 0 Å². The van der Waals surface area contributed by atoms with Crippen LogP contribution in [-0.2, 0) is 9.59 Å². The molecule has 0 spiro atoms. The number of hydrogen-bond donors (Lipinski definition) is 0. The van der Waals surface area contributed by atoms with Gasteiger partial charge in [0, 0.05) is 49.9 Å². The van der Waals surface area contributed by atoms with E-state index in [9.17, 15) is 9.59 Å². The number of carbonyl (C=O) groups is 2. The maximum atomic E-state index is 12.3. The lowest BCUT2D eigenvalue weighted by atomic mass is 10.2. The van der Waals surface area contributed by atoms with Gasteiger partial charge in [-0.05, 0) is 47.3 Å². The zero-order valence-electron chi connectivity index (χ0n) is 13.3. The van der Waals surface area contributed by atoms with Crippen LogP contribution in [0.15, 0.2) is 16.7 Å². The molecule has 0 bridgehead atoms. The largest absolute Gasteiger partial charge is 0.353 e. The summed E-state index contributed by atoms with van der Waals surface area (Å²) in [6.45, 7) is 5.99. The van der Waals surface area contributed by atoms with Gasteiger partial charge in [-0.25, -0.2) is 4.98 Å². The molecule has 0 aliphatic carbocycles. The van der Waals surface area contributed by atoms with Crippen molar-refractivity contribution < 1.29 is 9.59 Å². The molecule has 0 radical (unpaired) electrons. The lowest BCUT2D eigenvalue weighted by molar-refractivity contribution is -0.151. The summed E-state index contributed by atoms with van der Waals surface area (Å²) in [7, 11) is 0. The summed E-state index contributed by atoms with van der Waals surface area (Å²) in [5.41, 5.74) is 1.10. The third-order valence-corrected chi connectivity index (χ3v) is 4.89. The van der Waals surface area contributed by atoms with Crippen LogP contribution in [-0.4, -0.2) is 65.9 Å². The Labute approximate surface area is 144 Å². The maximum Gasteiger partial charge on any atom is 0.312 e. The Bertz CT molecular complexity index is 608. The Kier molecular flexibility index (Phi) is 4.84. The molecule has 124 valence electrons. The number of aromatic nitrogens is 1. The van der Waals surface area contributed by atoms with Crippen LogP contribution in [0.25, 0.3) is 0 Å². The van der Waals surface area contributed by atoms with Gasteiger partial charge < -0.3 is 14.7 Å². The molecule has 3 heterocycles. The molecule has 0 saturated carbocycles. The maximum absolute atomic E-state index is 12.3. The summed E-state index contributed by atoms with van der Waals surface area (Å²) < 4.78 is 0.962. The lowest BCUT2D eigenvalue weighted by Gasteiger charge is -2.36. The summed E-state index contributed by atoms with van der Waals surface area (Å²) in [5.74, 6) is 0.257. The predicted octanol–water partition coefficient (Wildman–Crippen LogP) is 1.42. The fraction of sp³-hybridized carbons (Fsp3) is 0.562. The van der Waals surface area contributed by atoms with Crippen molar-refractivity contribution in [3.8, 4) is 0 Å². The van der Waals surface area contributed by atoms with Crippen molar-refractivity contribution in [3.05, 3.63) is 22.3 Å². The van der Waals surface area contributed by atoms with E-state index in [-0.39, 0.29) is 11.8 Å². The first-order chi connectivity index (χ1) is 11.1. The fourth-order valence-electron chi connectivity index (χ4n) is 3.18. The molecule has 0 atom stereocenters. The first-order valence-corrected chi connectivity index (χ1v) is 8.81. The number of rotatable bonds is 1. The molecule has 0 unspecified atom stereocenters. The third-order valence-electron chi connectivity index (χ3n) is 4.46. The second-order valence-electron chi connectivity index (χ2n) is 6.07. The fourth-order valence-corrected chi connectivity index (χ4v) is 3.62. The first-order valence-electron chi connectivity index (χ1n) is 8.01. The van der Waals surface area contributed by atoms with Gasteiger partial charge in [0.25, 0.3) is 0 Å². The van der Waals surface area contributed by atoms with Crippen molar-refractivity contribution in [1.29, 1.82) is 0 Å². The van der Waals surface area contributed by atoms with E-state index in [1.165, 1.54) is 0 Å². The van der Waals surface area contributed by atoms with E-state index in [0.717, 1.165) is 28.7 Å². The highest BCUT2D eigenvalue weighted by molar-refractivity contribution is 9.10. The number of nitrogens with zero attached hydrogens (tertiary/aromatic N) is 4. The van der Waals surface area contributed by atoms with Gasteiger partial charge in [-0.3, -0.25) is 9.59 Å². The topological polar surface area (TPSA) is 56.8 Å². The Hall–Kier alpha value is -1.63. The lowest BCUT2D eigenvalue weighted by Crippen LogP contribution is -2.53. The normalized spacial score (nSPS) is 18.4. The van der Waals surface area contributed by atoms with Gasteiger partial charge in [0.15, 0.2) is 0 Å². The van der Waals surface area contributed by atoms with E-state index in [1.807, 2.05) is 13.0 Å². The van der Waals surface area contributed by atoms with E-state index in [0.29, 0.717) is 39.3 Å². The molecule has 7 heteroatoms. The molecule has 2 saturated heterocycles. The van der Waals surface area contributed by atoms with Gasteiger partial charge >= 0.3 is 11.8 Å². The van der Waals surface area contributed by atoms with E-state index in [2.05, 4.69) is 25.8 Å². The summed E-state index contributed by atoms with van der Waals surface area (Å²) in [4.78, 5) is 34.5. The number of aryl methyl sites for hydroxylation is 1. The van der Waals surface area contributed by atoms with Gasteiger partial charge in [-0.2, -0.15) is 0 Å². The second-order valence-corrected chi connectivity index (χ2v) is 6.99. The second kappa shape index (κ2) is 6.86. The van der Waals surface area contributed by atoms with Crippen LogP contribution in [0.3, 0.4) is 0 Å². The molecule has 2 fully saturated rings. The summed E-state index contributed by atoms with van der Waals surface area (Å²) in [5, 5.41) is 0. The SMILES string of the molecule is Cc1cc(Br)cnc1N1CCN(C(=O)C(=O)N2CCCC2)CC1. The zero-order chi connectivity index (χ0) is 16.4. The average molecular weight is 381 g/mol.